The molecule has 1 aliphatic heterocycles. The van der Waals surface area contributed by atoms with E-state index in [1.165, 1.54) is 10.7 Å². The fraction of sp³-hybridized carbons (Fsp3) is 0.357. The van der Waals surface area contributed by atoms with E-state index in [4.69, 9.17) is 0 Å². The molecular weight excluding hydrogens is 267 g/mol. The zero-order chi connectivity index (χ0) is 14.2. The first kappa shape index (κ1) is 13.0. The van der Waals surface area contributed by atoms with E-state index in [9.17, 15) is 13.2 Å². The summed E-state index contributed by atoms with van der Waals surface area (Å²) >= 11 is 0. The highest BCUT2D eigenvalue weighted by molar-refractivity contribution is 5.42. The maximum Gasteiger partial charge on any atom is 0.416 e. The molecule has 6 heteroatoms. The van der Waals surface area contributed by atoms with Gasteiger partial charge in [-0.2, -0.15) is 18.3 Å². The van der Waals surface area contributed by atoms with Crippen LogP contribution in [0, 0.1) is 0 Å². The Morgan fingerprint density at radius 1 is 1.05 bits per heavy atom. The van der Waals surface area contributed by atoms with Crippen LogP contribution in [0.4, 0.5) is 19.0 Å². The van der Waals surface area contributed by atoms with Crippen molar-refractivity contribution in [2.45, 2.75) is 19.0 Å². The van der Waals surface area contributed by atoms with Gasteiger partial charge in [-0.15, -0.1) is 0 Å². The number of hydrogen-bond acceptors (Lipinski definition) is 2. The van der Waals surface area contributed by atoms with E-state index in [0.717, 1.165) is 43.9 Å². The Balaban J connectivity index is 1.89. The molecule has 1 saturated heterocycles. The molecular formula is C14H14F3N3. The summed E-state index contributed by atoms with van der Waals surface area (Å²) in [5.74, 6) is 0.819. The normalized spacial score (nSPS) is 15.8. The molecule has 1 aromatic carbocycles. The van der Waals surface area contributed by atoms with Gasteiger partial charge in [0.15, 0.2) is 5.82 Å². The number of benzene rings is 1. The van der Waals surface area contributed by atoms with Crippen molar-refractivity contribution in [2.75, 3.05) is 18.0 Å². The Morgan fingerprint density at radius 2 is 1.80 bits per heavy atom. The van der Waals surface area contributed by atoms with Crippen LogP contribution < -0.4 is 4.90 Å². The van der Waals surface area contributed by atoms with Gasteiger partial charge < -0.3 is 4.90 Å². The Labute approximate surface area is 114 Å². The van der Waals surface area contributed by atoms with E-state index in [1.54, 1.807) is 12.3 Å². The van der Waals surface area contributed by atoms with Crippen LogP contribution in [0.25, 0.3) is 5.69 Å². The third kappa shape index (κ3) is 2.50. The van der Waals surface area contributed by atoms with E-state index in [2.05, 4.69) is 10.00 Å². The first-order valence-electron chi connectivity index (χ1n) is 6.52. The topological polar surface area (TPSA) is 21.1 Å². The highest BCUT2D eigenvalue weighted by atomic mass is 19.4. The average Bonchev–Trinajstić information content (AvgIpc) is 3.09. The number of hydrogen-bond donors (Lipinski definition) is 0. The molecule has 1 fully saturated rings. The fourth-order valence-electron chi connectivity index (χ4n) is 2.40. The lowest BCUT2D eigenvalue weighted by atomic mass is 10.2. The molecule has 0 atom stereocenters. The molecule has 0 unspecified atom stereocenters. The molecule has 0 N–H and O–H groups in total. The molecule has 1 aromatic heterocycles. The smallest absolute Gasteiger partial charge is 0.355 e. The lowest BCUT2D eigenvalue weighted by molar-refractivity contribution is -0.137. The number of nitrogens with zero attached hydrogens (tertiary/aromatic N) is 3. The second kappa shape index (κ2) is 4.85. The monoisotopic (exact) mass is 281 g/mol. The van der Waals surface area contributed by atoms with Gasteiger partial charge >= 0.3 is 6.18 Å². The van der Waals surface area contributed by atoms with Crippen LogP contribution in [-0.2, 0) is 6.18 Å². The number of alkyl halides is 3. The zero-order valence-electron chi connectivity index (χ0n) is 10.8. The average molecular weight is 281 g/mol. The van der Waals surface area contributed by atoms with Gasteiger partial charge in [0.2, 0.25) is 0 Å². The van der Waals surface area contributed by atoms with Gasteiger partial charge in [0.25, 0.3) is 0 Å². The predicted octanol–water partition coefficient (Wildman–Crippen LogP) is 3.49. The van der Waals surface area contributed by atoms with Crippen molar-refractivity contribution < 1.29 is 13.2 Å². The highest BCUT2D eigenvalue weighted by Crippen LogP contribution is 2.30. The van der Waals surface area contributed by atoms with Crippen molar-refractivity contribution in [3.8, 4) is 5.69 Å². The summed E-state index contributed by atoms with van der Waals surface area (Å²) in [5, 5.41) is 4.36. The van der Waals surface area contributed by atoms with Crippen LogP contribution in [0.3, 0.4) is 0 Å². The van der Waals surface area contributed by atoms with Crippen LogP contribution in [0.5, 0.6) is 0 Å². The van der Waals surface area contributed by atoms with Crippen LogP contribution in [0.15, 0.2) is 36.5 Å². The molecule has 3 nitrogen and oxygen atoms in total. The predicted molar refractivity (Wildman–Crippen MR) is 70.0 cm³/mol. The van der Waals surface area contributed by atoms with Crippen LogP contribution in [-0.4, -0.2) is 22.9 Å². The van der Waals surface area contributed by atoms with Crippen molar-refractivity contribution >= 4 is 5.82 Å². The van der Waals surface area contributed by atoms with Crippen molar-refractivity contribution in [1.82, 2.24) is 9.78 Å². The molecule has 1 aliphatic rings. The van der Waals surface area contributed by atoms with Gasteiger partial charge in [-0.3, -0.25) is 0 Å². The van der Waals surface area contributed by atoms with E-state index in [1.807, 2.05) is 6.07 Å². The Morgan fingerprint density at radius 3 is 2.50 bits per heavy atom. The molecule has 0 bridgehead atoms. The minimum atomic E-state index is -4.33. The van der Waals surface area contributed by atoms with E-state index >= 15 is 0 Å². The quantitative estimate of drug-likeness (QED) is 0.840. The molecule has 20 heavy (non-hydrogen) atoms. The molecule has 3 rings (SSSR count). The maximum absolute atomic E-state index is 12.7. The number of halogens is 3. The summed E-state index contributed by atoms with van der Waals surface area (Å²) in [6, 6.07) is 7.03. The molecule has 2 heterocycles. The largest absolute Gasteiger partial charge is 0.416 e. The molecule has 2 aromatic rings. The second-order valence-electron chi connectivity index (χ2n) is 4.86. The second-order valence-corrected chi connectivity index (χ2v) is 4.86. The van der Waals surface area contributed by atoms with Gasteiger partial charge in [-0.1, -0.05) is 6.07 Å². The van der Waals surface area contributed by atoms with Gasteiger partial charge in [0.1, 0.15) is 0 Å². The van der Waals surface area contributed by atoms with Gasteiger partial charge in [0, 0.05) is 25.4 Å². The maximum atomic E-state index is 12.7. The summed E-state index contributed by atoms with van der Waals surface area (Å²) in [7, 11) is 0. The number of anilines is 1. The highest BCUT2D eigenvalue weighted by Gasteiger charge is 2.30. The summed E-state index contributed by atoms with van der Waals surface area (Å²) in [6.07, 6.45) is -0.364. The van der Waals surface area contributed by atoms with Gasteiger partial charge in [-0.25, -0.2) is 4.68 Å². The molecule has 0 aliphatic carbocycles. The Kier molecular flexibility index (Phi) is 3.16. The molecule has 106 valence electrons. The Hall–Kier alpha value is -1.98. The standard InChI is InChI=1S/C14H14F3N3/c15-14(16,17)11-4-3-5-12(10-11)20-9-6-13(18-20)19-7-1-2-8-19/h3-6,9-10H,1-2,7-8H2. The third-order valence-electron chi connectivity index (χ3n) is 3.44. The summed E-state index contributed by atoms with van der Waals surface area (Å²) in [6.45, 7) is 1.92. The van der Waals surface area contributed by atoms with E-state index < -0.39 is 11.7 Å². The summed E-state index contributed by atoms with van der Waals surface area (Å²) in [4.78, 5) is 2.14. The fourth-order valence-corrected chi connectivity index (χ4v) is 2.40. The summed E-state index contributed by atoms with van der Waals surface area (Å²) in [5.41, 5.74) is -0.238. The molecule has 0 saturated carbocycles. The third-order valence-corrected chi connectivity index (χ3v) is 3.44. The molecule has 0 amide bonds. The number of rotatable bonds is 2. The van der Waals surface area contributed by atoms with Gasteiger partial charge in [0.05, 0.1) is 11.3 Å². The van der Waals surface area contributed by atoms with Crippen LogP contribution >= 0.6 is 0 Å². The van der Waals surface area contributed by atoms with E-state index in [-0.39, 0.29) is 0 Å². The zero-order valence-corrected chi connectivity index (χ0v) is 10.8. The van der Waals surface area contributed by atoms with Crippen LogP contribution in [0.2, 0.25) is 0 Å². The first-order valence-corrected chi connectivity index (χ1v) is 6.52. The Bertz CT molecular complexity index is 598. The number of aromatic nitrogens is 2. The first-order chi connectivity index (χ1) is 9.54. The van der Waals surface area contributed by atoms with Crippen LogP contribution in [0.1, 0.15) is 18.4 Å². The minimum Gasteiger partial charge on any atom is -0.355 e. The SMILES string of the molecule is FC(F)(F)c1cccc(-n2ccc(N3CCCC3)n2)c1. The lowest BCUT2D eigenvalue weighted by Gasteiger charge is -2.13. The lowest BCUT2D eigenvalue weighted by Crippen LogP contribution is -2.18. The van der Waals surface area contributed by atoms with Gasteiger partial charge in [-0.05, 0) is 31.0 Å². The van der Waals surface area contributed by atoms with Crippen molar-refractivity contribution in [3.05, 3.63) is 42.1 Å². The van der Waals surface area contributed by atoms with Crippen molar-refractivity contribution in [1.29, 1.82) is 0 Å². The van der Waals surface area contributed by atoms with E-state index in [0.29, 0.717) is 5.69 Å². The van der Waals surface area contributed by atoms with Crippen molar-refractivity contribution in [2.24, 2.45) is 0 Å². The summed E-state index contributed by atoms with van der Waals surface area (Å²) < 4.78 is 39.6. The minimum absolute atomic E-state index is 0.422. The molecule has 0 spiro atoms. The van der Waals surface area contributed by atoms with Crippen molar-refractivity contribution in [3.63, 3.8) is 0 Å². The molecule has 0 radical (unpaired) electrons.